The predicted molar refractivity (Wildman–Crippen MR) is 85.2 cm³/mol. The van der Waals surface area contributed by atoms with Crippen molar-refractivity contribution in [1.29, 1.82) is 0 Å². The average molecular weight is 299 g/mol. The van der Waals surface area contributed by atoms with Crippen LogP contribution in [0.5, 0.6) is 5.75 Å². The lowest BCUT2D eigenvalue weighted by atomic mass is 10.0. The standard InChI is InChI=1S/C17H15ClN2O/c1-2-21-17-12-15(20-11-3-10-19-20)8-9-16(17)13-4-6-14(18)7-5-13/h3-12H,2H2,1H3. The smallest absolute Gasteiger partial charge is 0.129 e. The summed E-state index contributed by atoms with van der Waals surface area (Å²) >= 11 is 5.95. The van der Waals surface area contributed by atoms with Gasteiger partial charge in [-0.15, -0.1) is 0 Å². The van der Waals surface area contributed by atoms with Crippen molar-refractivity contribution in [2.24, 2.45) is 0 Å². The molecule has 4 heteroatoms. The Bertz CT molecular complexity index is 721. The Hall–Kier alpha value is -2.26. The summed E-state index contributed by atoms with van der Waals surface area (Å²) in [5, 5.41) is 4.97. The maximum absolute atomic E-state index is 5.95. The summed E-state index contributed by atoms with van der Waals surface area (Å²) in [7, 11) is 0. The molecule has 0 aliphatic rings. The molecule has 3 aromatic rings. The Morgan fingerprint density at radius 2 is 1.95 bits per heavy atom. The van der Waals surface area contributed by atoms with E-state index in [2.05, 4.69) is 5.10 Å². The van der Waals surface area contributed by atoms with Crippen LogP contribution in [0.4, 0.5) is 0 Å². The third-order valence-electron chi connectivity index (χ3n) is 3.19. The molecule has 0 fully saturated rings. The van der Waals surface area contributed by atoms with Gasteiger partial charge in [0, 0.05) is 29.0 Å². The van der Waals surface area contributed by atoms with Crippen molar-refractivity contribution in [3.8, 4) is 22.6 Å². The van der Waals surface area contributed by atoms with Gasteiger partial charge >= 0.3 is 0 Å². The molecule has 21 heavy (non-hydrogen) atoms. The van der Waals surface area contributed by atoms with Gasteiger partial charge in [-0.3, -0.25) is 0 Å². The van der Waals surface area contributed by atoms with Gasteiger partial charge in [0.25, 0.3) is 0 Å². The van der Waals surface area contributed by atoms with Crippen LogP contribution in [-0.2, 0) is 0 Å². The van der Waals surface area contributed by atoms with Gasteiger partial charge in [0.1, 0.15) is 5.75 Å². The van der Waals surface area contributed by atoms with Crippen molar-refractivity contribution in [3.05, 3.63) is 65.9 Å². The zero-order valence-electron chi connectivity index (χ0n) is 11.7. The highest BCUT2D eigenvalue weighted by molar-refractivity contribution is 6.30. The second kappa shape index (κ2) is 6.02. The Morgan fingerprint density at radius 1 is 1.14 bits per heavy atom. The van der Waals surface area contributed by atoms with Crippen LogP contribution in [-0.4, -0.2) is 16.4 Å². The summed E-state index contributed by atoms with van der Waals surface area (Å²) in [5.41, 5.74) is 3.10. The van der Waals surface area contributed by atoms with E-state index in [0.717, 1.165) is 27.6 Å². The van der Waals surface area contributed by atoms with Crippen LogP contribution in [0.1, 0.15) is 6.92 Å². The van der Waals surface area contributed by atoms with Gasteiger partial charge in [-0.05, 0) is 42.8 Å². The number of benzene rings is 2. The van der Waals surface area contributed by atoms with E-state index in [-0.39, 0.29) is 0 Å². The Morgan fingerprint density at radius 3 is 2.62 bits per heavy atom. The molecule has 0 saturated heterocycles. The molecule has 0 N–H and O–H groups in total. The number of nitrogens with zero attached hydrogens (tertiary/aromatic N) is 2. The maximum Gasteiger partial charge on any atom is 0.129 e. The van der Waals surface area contributed by atoms with Gasteiger partial charge in [-0.25, -0.2) is 4.68 Å². The lowest BCUT2D eigenvalue weighted by Crippen LogP contribution is -1.98. The summed E-state index contributed by atoms with van der Waals surface area (Å²) in [6.07, 6.45) is 3.67. The highest BCUT2D eigenvalue weighted by atomic mass is 35.5. The van der Waals surface area contributed by atoms with Gasteiger partial charge < -0.3 is 4.74 Å². The molecule has 0 spiro atoms. The molecule has 1 aromatic heterocycles. The fourth-order valence-electron chi connectivity index (χ4n) is 2.22. The first-order valence-electron chi connectivity index (χ1n) is 6.80. The van der Waals surface area contributed by atoms with E-state index in [1.165, 1.54) is 0 Å². The zero-order valence-corrected chi connectivity index (χ0v) is 12.4. The van der Waals surface area contributed by atoms with Crippen LogP contribution in [0.25, 0.3) is 16.8 Å². The van der Waals surface area contributed by atoms with E-state index in [1.807, 2.05) is 66.3 Å². The highest BCUT2D eigenvalue weighted by Gasteiger charge is 2.08. The van der Waals surface area contributed by atoms with Crippen LogP contribution in [0.3, 0.4) is 0 Å². The highest BCUT2D eigenvalue weighted by Crippen LogP contribution is 2.32. The molecule has 0 unspecified atom stereocenters. The van der Waals surface area contributed by atoms with Crippen molar-refractivity contribution in [1.82, 2.24) is 9.78 Å². The molecule has 0 bridgehead atoms. The number of ether oxygens (including phenoxy) is 1. The van der Waals surface area contributed by atoms with Gasteiger partial charge in [0.15, 0.2) is 0 Å². The van der Waals surface area contributed by atoms with Crippen LogP contribution < -0.4 is 4.74 Å². The maximum atomic E-state index is 5.95. The molecular weight excluding hydrogens is 284 g/mol. The van der Waals surface area contributed by atoms with Gasteiger partial charge in [0.05, 0.1) is 12.3 Å². The third kappa shape index (κ3) is 2.93. The Labute approximate surface area is 128 Å². The third-order valence-corrected chi connectivity index (χ3v) is 3.44. The van der Waals surface area contributed by atoms with Crippen molar-refractivity contribution >= 4 is 11.6 Å². The Kier molecular flexibility index (Phi) is 3.93. The minimum absolute atomic E-state index is 0.614. The van der Waals surface area contributed by atoms with E-state index < -0.39 is 0 Å². The van der Waals surface area contributed by atoms with Crippen LogP contribution in [0.15, 0.2) is 60.9 Å². The predicted octanol–water partition coefficient (Wildman–Crippen LogP) is 4.59. The zero-order chi connectivity index (χ0) is 14.7. The lowest BCUT2D eigenvalue weighted by Gasteiger charge is -2.12. The van der Waals surface area contributed by atoms with E-state index in [9.17, 15) is 0 Å². The minimum Gasteiger partial charge on any atom is -0.493 e. The molecule has 0 amide bonds. The molecule has 3 nitrogen and oxygen atoms in total. The topological polar surface area (TPSA) is 27.1 Å². The molecule has 0 atom stereocenters. The summed E-state index contributed by atoms with van der Waals surface area (Å²) in [5.74, 6) is 0.841. The molecule has 0 radical (unpaired) electrons. The second-order valence-electron chi connectivity index (χ2n) is 4.57. The molecule has 0 aliphatic carbocycles. The Balaban J connectivity index is 2.06. The molecule has 106 valence electrons. The summed E-state index contributed by atoms with van der Waals surface area (Å²) < 4.78 is 7.60. The van der Waals surface area contributed by atoms with Crippen LogP contribution in [0.2, 0.25) is 5.02 Å². The monoisotopic (exact) mass is 298 g/mol. The van der Waals surface area contributed by atoms with Crippen molar-refractivity contribution in [2.75, 3.05) is 6.61 Å². The average Bonchev–Trinajstić information content (AvgIpc) is 3.03. The van der Waals surface area contributed by atoms with E-state index in [4.69, 9.17) is 16.3 Å². The first-order valence-corrected chi connectivity index (χ1v) is 7.18. The van der Waals surface area contributed by atoms with E-state index in [1.54, 1.807) is 6.20 Å². The fourth-order valence-corrected chi connectivity index (χ4v) is 2.34. The van der Waals surface area contributed by atoms with Gasteiger partial charge in [-0.1, -0.05) is 23.7 Å². The second-order valence-corrected chi connectivity index (χ2v) is 5.01. The summed E-state index contributed by atoms with van der Waals surface area (Å²) in [6.45, 7) is 2.59. The SMILES string of the molecule is CCOc1cc(-n2cccn2)ccc1-c1ccc(Cl)cc1. The molecule has 0 saturated carbocycles. The number of hydrogen-bond acceptors (Lipinski definition) is 2. The molecular formula is C17H15ClN2O. The van der Waals surface area contributed by atoms with Crippen LogP contribution in [0, 0.1) is 0 Å². The number of rotatable bonds is 4. The first-order chi connectivity index (χ1) is 10.3. The normalized spacial score (nSPS) is 10.6. The summed E-state index contributed by atoms with van der Waals surface area (Å²) in [6, 6.07) is 15.7. The van der Waals surface area contributed by atoms with Crippen LogP contribution >= 0.6 is 11.6 Å². The largest absolute Gasteiger partial charge is 0.493 e. The number of hydrogen-bond donors (Lipinski definition) is 0. The molecule has 2 aromatic carbocycles. The van der Waals surface area contributed by atoms with Gasteiger partial charge in [-0.2, -0.15) is 5.10 Å². The molecule has 3 rings (SSSR count). The number of halogens is 1. The van der Waals surface area contributed by atoms with Crippen molar-refractivity contribution in [2.45, 2.75) is 6.92 Å². The summed E-state index contributed by atoms with van der Waals surface area (Å²) in [4.78, 5) is 0. The minimum atomic E-state index is 0.614. The lowest BCUT2D eigenvalue weighted by molar-refractivity contribution is 0.341. The van der Waals surface area contributed by atoms with E-state index >= 15 is 0 Å². The van der Waals surface area contributed by atoms with Crippen molar-refractivity contribution in [3.63, 3.8) is 0 Å². The van der Waals surface area contributed by atoms with E-state index in [0.29, 0.717) is 6.61 Å². The molecule has 1 heterocycles. The molecule has 0 aliphatic heterocycles. The van der Waals surface area contributed by atoms with Gasteiger partial charge in [0.2, 0.25) is 0 Å². The quantitative estimate of drug-likeness (QED) is 0.704. The van der Waals surface area contributed by atoms with Crippen molar-refractivity contribution < 1.29 is 4.74 Å². The number of aromatic nitrogens is 2. The first kappa shape index (κ1) is 13.7. The fraction of sp³-hybridized carbons (Fsp3) is 0.118.